The summed E-state index contributed by atoms with van der Waals surface area (Å²) in [5, 5.41) is 0. The second-order valence-corrected chi connectivity index (χ2v) is 5.86. The third kappa shape index (κ3) is 4.06. The van der Waals surface area contributed by atoms with E-state index >= 15 is 0 Å². The van der Waals surface area contributed by atoms with E-state index in [4.69, 9.17) is 18.3 Å². The molecule has 0 saturated carbocycles. The van der Waals surface area contributed by atoms with E-state index in [9.17, 15) is 0 Å². The van der Waals surface area contributed by atoms with Crippen LogP contribution in [0.15, 0.2) is 0 Å². The molecule has 1 heterocycles. The molecular formula is C9H20O4Si. The Kier molecular flexibility index (Phi) is 5.65. The van der Waals surface area contributed by atoms with Crippen LogP contribution >= 0.6 is 0 Å². The predicted molar refractivity (Wildman–Crippen MR) is 55.6 cm³/mol. The van der Waals surface area contributed by atoms with Crippen LogP contribution in [-0.4, -0.2) is 48.5 Å². The van der Waals surface area contributed by atoms with Gasteiger partial charge in [-0.3, -0.25) is 0 Å². The van der Waals surface area contributed by atoms with Crippen molar-refractivity contribution >= 4 is 9.28 Å². The van der Waals surface area contributed by atoms with Crippen molar-refractivity contribution in [2.75, 3.05) is 27.4 Å². The maximum atomic E-state index is 5.72. The van der Waals surface area contributed by atoms with Gasteiger partial charge in [0.15, 0.2) is 0 Å². The van der Waals surface area contributed by atoms with Crippen molar-refractivity contribution in [2.45, 2.75) is 31.6 Å². The van der Waals surface area contributed by atoms with Gasteiger partial charge in [0.25, 0.3) is 0 Å². The van der Waals surface area contributed by atoms with Crippen LogP contribution in [0.1, 0.15) is 19.8 Å². The van der Waals surface area contributed by atoms with Crippen molar-refractivity contribution in [1.82, 2.24) is 0 Å². The minimum atomic E-state index is -1.66. The summed E-state index contributed by atoms with van der Waals surface area (Å²) in [5.41, 5.74) is 0.123. The highest BCUT2D eigenvalue weighted by Crippen LogP contribution is 2.19. The zero-order valence-corrected chi connectivity index (χ0v) is 10.3. The van der Waals surface area contributed by atoms with Gasteiger partial charge in [0, 0.05) is 27.2 Å². The molecule has 14 heavy (non-hydrogen) atoms. The summed E-state index contributed by atoms with van der Waals surface area (Å²) in [5.74, 6) is 0. The van der Waals surface area contributed by atoms with Crippen LogP contribution < -0.4 is 0 Å². The lowest BCUT2D eigenvalue weighted by Crippen LogP contribution is -2.38. The Morgan fingerprint density at radius 1 is 1.43 bits per heavy atom. The van der Waals surface area contributed by atoms with Gasteiger partial charge in [-0.15, -0.1) is 0 Å². The first kappa shape index (κ1) is 12.1. The van der Waals surface area contributed by atoms with E-state index < -0.39 is 9.28 Å². The zero-order chi connectivity index (χ0) is 10.4. The van der Waals surface area contributed by atoms with Crippen LogP contribution in [0.4, 0.5) is 0 Å². The fourth-order valence-corrected chi connectivity index (χ4v) is 3.01. The Labute approximate surface area is 87.3 Å². The Hall–Kier alpha value is 0.0569. The number of hydrogen-bond donors (Lipinski definition) is 0. The molecule has 0 bridgehead atoms. The minimum absolute atomic E-state index is 0.123. The van der Waals surface area contributed by atoms with Crippen LogP contribution in [0.25, 0.3) is 0 Å². The van der Waals surface area contributed by atoms with Crippen LogP contribution in [0, 0.1) is 0 Å². The lowest BCUT2D eigenvalue weighted by molar-refractivity contribution is 0.0607. The first-order valence-corrected chi connectivity index (χ1v) is 6.71. The van der Waals surface area contributed by atoms with Crippen LogP contribution in [0.5, 0.6) is 0 Å². The first-order valence-electron chi connectivity index (χ1n) is 5.10. The molecule has 1 fully saturated rings. The summed E-state index contributed by atoms with van der Waals surface area (Å²) < 4.78 is 21.6. The molecule has 84 valence electrons. The van der Waals surface area contributed by atoms with E-state index in [2.05, 4.69) is 6.92 Å². The van der Waals surface area contributed by atoms with Gasteiger partial charge < -0.3 is 18.3 Å². The summed E-state index contributed by atoms with van der Waals surface area (Å²) in [4.78, 5) is 0. The lowest BCUT2D eigenvalue weighted by atomic mass is 10.3. The molecule has 0 spiro atoms. The number of rotatable bonds is 8. The topological polar surface area (TPSA) is 40.2 Å². The van der Waals surface area contributed by atoms with Gasteiger partial charge in [0.2, 0.25) is 0 Å². The third-order valence-corrected chi connectivity index (χ3v) is 4.20. The molecule has 5 heteroatoms. The van der Waals surface area contributed by atoms with Crippen LogP contribution in [-0.2, 0) is 18.3 Å². The summed E-state index contributed by atoms with van der Waals surface area (Å²) in [6.45, 7) is 3.73. The fraction of sp³-hybridized carbons (Fsp3) is 1.00. The quantitative estimate of drug-likeness (QED) is 0.444. The molecule has 2 atom stereocenters. The Bertz CT molecular complexity index is 148. The molecule has 0 N–H and O–H groups in total. The maximum Gasteiger partial charge on any atom is 0.350 e. The van der Waals surface area contributed by atoms with Crippen molar-refractivity contribution in [1.29, 1.82) is 0 Å². The normalized spacial score (nSPS) is 22.7. The molecule has 1 aliphatic rings. The molecule has 0 aromatic rings. The van der Waals surface area contributed by atoms with Crippen molar-refractivity contribution in [3.63, 3.8) is 0 Å². The zero-order valence-electron chi connectivity index (χ0n) is 9.19. The van der Waals surface area contributed by atoms with Crippen molar-refractivity contribution < 1.29 is 18.3 Å². The average Bonchev–Trinajstić information content (AvgIpc) is 2.99. The second kappa shape index (κ2) is 6.52. The van der Waals surface area contributed by atoms with Gasteiger partial charge >= 0.3 is 9.28 Å². The van der Waals surface area contributed by atoms with E-state index in [0.717, 1.165) is 26.1 Å². The van der Waals surface area contributed by atoms with Crippen molar-refractivity contribution in [3.8, 4) is 0 Å². The van der Waals surface area contributed by atoms with Gasteiger partial charge in [0.1, 0.15) is 5.73 Å². The summed E-state index contributed by atoms with van der Waals surface area (Å²) in [6, 6.07) is 0. The highest BCUT2D eigenvalue weighted by atomic mass is 28.3. The smallest absolute Gasteiger partial charge is 0.350 e. The van der Waals surface area contributed by atoms with Gasteiger partial charge in [-0.25, -0.2) is 0 Å². The molecule has 0 aromatic carbocycles. The monoisotopic (exact) mass is 220 g/mol. The molecule has 0 aliphatic carbocycles. The molecule has 1 aliphatic heterocycles. The fourth-order valence-electron chi connectivity index (χ4n) is 1.39. The largest absolute Gasteiger partial charge is 0.398 e. The van der Waals surface area contributed by atoms with Gasteiger partial charge in [0.05, 0.1) is 12.7 Å². The molecule has 1 rings (SSSR count). The van der Waals surface area contributed by atoms with Crippen molar-refractivity contribution in [2.24, 2.45) is 0 Å². The molecule has 2 unspecified atom stereocenters. The highest BCUT2D eigenvalue weighted by Gasteiger charge is 2.33. The Balaban J connectivity index is 2.31. The minimum Gasteiger partial charge on any atom is -0.398 e. The average molecular weight is 220 g/mol. The van der Waals surface area contributed by atoms with Gasteiger partial charge in [-0.2, -0.15) is 0 Å². The molecule has 0 radical (unpaired) electrons. The van der Waals surface area contributed by atoms with E-state index in [-0.39, 0.29) is 5.73 Å². The van der Waals surface area contributed by atoms with Crippen LogP contribution in [0.3, 0.4) is 0 Å². The SMILES string of the molecule is CCCOC(CC1CO1)[SiH](OC)OC. The number of ether oxygens (including phenoxy) is 2. The van der Waals surface area contributed by atoms with E-state index in [0.29, 0.717) is 6.10 Å². The lowest BCUT2D eigenvalue weighted by Gasteiger charge is -2.22. The van der Waals surface area contributed by atoms with E-state index in [1.807, 2.05) is 0 Å². The van der Waals surface area contributed by atoms with Gasteiger partial charge in [-0.05, 0) is 6.42 Å². The van der Waals surface area contributed by atoms with Crippen molar-refractivity contribution in [3.05, 3.63) is 0 Å². The maximum absolute atomic E-state index is 5.72. The van der Waals surface area contributed by atoms with E-state index in [1.165, 1.54) is 0 Å². The first-order chi connectivity index (χ1) is 6.81. The van der Waals surface area contributed by atoms with Gasteiger partial charge in [-0.1, -0.05) is 6.92 Å². The summed E-state index contributed by atoms with van der Waals surface area (Å²) in [7, 11) is 1.72. The van der Waals surface area contributed by atoms with E-state index in [1.54, 1.807) is 14.2 Å². The predicted octanol–water partition coefficient (Wildman–Crippen LogP) is 0.623. The second-order valence-electron chi connectivity index (χ2n) is 3.44. The Morgan fingerprint density at radius 2 is 2.07 bits per heavy atom. The summed E-state index contributed by atoms with van der Waals surface area (Å²) >= 11 is 0. The highest BCUT2D eigenvalue weighted by molar-refractivity contribution is 6.46. The van der Waals surface area contributed by atoms with Crippen LogP contribution in [0.2, 0.25) is 0 Å². The molecular weight excluding hydrogens is 200 g/mol. The molecule has 4 nitrogen and oxygen atoms in total. The number of epoxide rings is 1. The third-order valence-electron chi connectivity index (χ3n) is 2.20. The molecule has 0 aromatic heterocycles. The molecule has 0 amide bonds. The standard InChI is InChI=1S/C9H20O4Si/c1-4-5-12-9(6-8-7-13-8)14(10-2)11-3/h8-9,14H,4-7H2,1-3H3. The molecule has 1 saturated heterocycles. The number of hydrogen-bond acceptors (Lipinski definition) is 4. The Morgan fingerprint density at radius 3 is 2.50 bits per heavy atom. The summed E-state index contributed by atoms with van der Waals surface area (Å²) in [6.07, 6.45) is 2.31.